The maximum Gasteiger partial charge on any atom is 0.416 e. The van der Waals surface area contributed by atoms with Gasteiger partial charge in [-0.15, -0.1) is 0 Å². The predicted molar refractivity (Wildman–Crippen MR) is 97.7 cm³/mol. The second-order valence-corrected chi connectivity index (χ2v) is 6.98. The molecule has 10 heteroatoms. The molecule has 1 atom stereocenters. The first-order valence-electron chi connectivity index (χ1n) is 8.00. The van der Waals surface area contributed by atoms with Crippen LogP contribution < -0.4 is 10.6 Å². The Morgan fingerprint density at radius 2 is 1.93 bits per heavy atom. The van der Waals surface area contributed by atoms with Gasteiger partial charge in [0.05, 0.1) is 16.9 Å². The van der Waals surface area contributed by atoms with Gasteiger partial charge in [0.15, 0.2) is 5.17 Å². The molecular weight excluding hydrogens is 398 g/mol. The van der Waals surface area contributed by atoms with Crippen molar-refractivity contribution >= 4 is 40.1 Å². The number of para-hydroxylation sites is 1. The van der Waals surface area contributed by atoms with E-state index in [0.29, 0.717) is 0 Å². The molecule has 0 unspecified atom stereocenters. The SMILES string of the molecule is O=C(C[C@@H]1SC(=Nc2cccc(C(F)(F)F)c2)NC1=O)Nc1ccccc1F. The van der Waals surface area contributed by atoms with Crippen LogP contribution >= 0.6 is 11.8 Å². The number of rotatable bonds is 4. The molecule has 1 aliphatic rings. The number of halogens is 4. The number of carbonyl (C=O) groups is 2. The standard InChI is InChI=1S/C18H13F4N3O2S/c19-12-6-1-2-7-13(12)24-15(26)9-14-16(27)25-17(28-14)23-11-5-3-4-10(8-11)18(20,21)22/h1-8,14H,9H2,(H,24,26)(H,23,25,27)/t14-/m0/s1. The zero-order chi connectivity index (χ0) is 20.3. The van der Waals surface area contributed by atoms with Gasteiger partial charge in [0, 0.05) is 6.42 Å². The number of hydrogen-bond donors (Lipinski definition) is 2. The molecule has 2 amide bonds. The van der Waals surface area contributed by atoms with Crippen molar-refractivity contribution in [2.75, 3.05) is 5.32 Å². The summed E-state index contributed by atoms with van der Waals surface area (Å²) in [5, 5.41) is 4.07. The second-order valence-electron chi connectivity index (χ2n) is 5.79. The normalized spacial score (nSPS) is 18.2. The van der Waals surface area contributed by atoms with Crippen molar-refractivity contribution in [1.29, 1.82) is 0 Å². The highest BCUT2D eigenvalue weighted by atomic mass is 32.2. The fraction of sp³-hybridized carbons (Fsp3) is 0.167. The third kappa shape index (κ3) is 4.89. The van der Waals surface area contributed by atoms with E-state index in [4.69, 9.17) is 0 Å². The van der Waals surface area contributed by atoms with Crippen LogP contribution in [0.15, 0.2) is 53.5 Å². The van der Waals surface area contributed by atoms with Crippen molar-refractivity contribution in [2.45, 2.75) is 17.8 Å². The van der Waals surface area contributed by atoms with Crippen molar-refractivity contribution in [3.05, 3.63) is 59.9 Å². The third-order valence-corrected chi connectivity index (χ3v) is 4.78. The van der Waals surface area contributed by atoms with Crippen LogP contribution in [0.25, 0.3) is 0 Å². The van der Waals surface area contributed by atoms with Gasteiger partial charge in [-0.05, 0) is 30.3 Å². The Hall–Kier alpha value is -2.88. The Bertz CT molecular complexity index is 946. The topological polar surface area (TPSA) is 70.6 Å². The number of carbonyl (C=O) groups excluding carboxylic acids is 2. The molecule has 5 nitrogen and oxygen atoms in total. The van der Waals surface area contributed by atoms with Crippen LogP contribution in [0.5, 0.6) is 0 Å². The Labute approximate surface area is 161 Å². The molecule has 0 spiro atoms. The van der Waals surface area contributed by atoms with Crippen molar-refractivity contribution in [2.24, 2.45) is 4.99 Å². The van der Waals surface area contributed by atoms with E-state index in [1.54, 1.807) is 6.07 Å². The monoisotopic (exact) mass is 411 g/mol. The van der Waals surface area contributed by atoms with Crippen molar-refractivity contribution in [1.82, 2.24) is 5.32 Å². The number of benzene rings is 2. The van der Waals surface area contributed by atoms with Crippen molar-refractivity contribution in [3.8, 4) is 0 Å². The number of thioether (sulfide) groups is 1. The minimum atomic E-state index is -4.50. The minimum absolute atomic E-state index is 0.00578. The molecule has 0 aliphatic carbocycles. The highest BCUT2D eigenvalue weighted by molar-refractivity contribution is 8.15. The first-order chi connectivity index (χ1) is 13.2. The molecule has 0 bridgehead atoms. The number of nitrogens with one attached hydrogen (secondary N) is 2. The lowest BCUT2D eigenvalue weighted by atomic mass is 10.2. The summed E-state index contributed by atoms with van der Waals surface area (Å²) >= 11 is 0.924. The Morgan fingerprint density at radius 1 is 1.18 bits per heavy atom. The van der Waals surface area contributed by atoms with Crippen LogP contribution in [0.2, 0.25) is 0 Å². The third-order valence-electron chi connectivity index (χ3n) is 3.70. The first-order valence-corrected chi connectivity index (χ1v) is 8.88. The zero-order valence-corrected chi connectivity index (χ0v) is 14.9. The van der Waals surface area contributed by atoms with E-state index in [2.05, 4.69) is 15.6 Å². The summed E-state index contributed by atoms with van der Waals surface area (Å²) in [6.45, 7) is 0. The van der Waals surface area contributed by atoms with E-state index in [0.717, 1.165) is 23.9 Å². The number of amides is 2. The summed E-state index contributed by atoms with van der Waals surface area (Å²) in [6.07, 6.45) is -4.75. The van der Waals surface area contributed by atoms with Crippen molar-refractivity contribution in [3.63, 3.8) is 0 Å². The molecule has 3 rings (SSSR count). The average molecular weight is 411 g/mol. The van der Waals surface area contributed by atoms with Gasteiger partial charge < -0.3 is 10.6 Å². The molecule has 0 radical (unpaired) electrons. The molecule has 0 aromatic heterocycles. The highest BCUT2D eigenvalue weighted by Gasteiger charge is 2.33. The van der Waals surface area contributed by atoms with E-state index in [9.17, 15) is 27.2 Å². The van der Waals surface area contributed by atoms with Crippen LogP contribution in [-0.4, -0.2) is 22.2 Å². The number of amidine groups is 1. The lowest BCUT2D eigenvalue weighted by molar-refractivity contribution is -0.137. The van der Waals surface area contributed by atoms with E-state index >= 15 is 0 Å². The van der Waals surface area contributed by atoms with E-state index in [1.807, 2.05) is 0 Å². The molecule has 1 heterocycles. The molecule has 0 saturated carbocycles. The fourth-order valence-corrected chi connectivity index (χ4v) is 3.38. The van der Waals surface area contributed by atoms with Gasteiger partial charge >= 0.3 is 6.18 Å². The van der Waals surface area contributed by atoms with Crippen LogP contribution in [-0.2, 0) is 15.8 Å². The lowest BCUT2D eigenvalue weighted by Crippen LogP contribution is -2.28. The maximum absolute atomic E-state index is 13.6. The number of nitrogens with zero attached hydrogens (tertiary/aromatic N) is 1. The average Bonchev–Trinajstić information content (AvgIpc) is 2.95. The summed E-state index contributed by atoms with van der Waals surface area (Å²) in [5.74, 6) is -1.68. The van der Waals surface area contributed by atoms with Gasteiger partial charge in [-0.1, -0.05) is 30.0 Å². The summed E-state index contributed by atoms with van der Waals surface area (Å²) < 4.78 is 51.8. The van der Waals surface area contributed by atoms with Crippen LogP contribution in [0.3, 0.4) is 0 Å². The maximum atomic E-state index is 13.6. The zero-order valence-electron chi connectivity index (χ0n) is 14.1. The summed E-state index contributed by atoms with van der Waals surface area (Å²) in [6, 6.07) is 9.95. The Balaban J connectivity index is 1.66. The molecule has 1 aliphatic heterocycles. The van der Waals surface area contributed by atoms with E-state index in [1.165, 1.54) is 30.3 Å². The Kier molecular flexibility index (Phi) is 5.68. The molecule has 146 valence electrons. The van der Waals surface area contributed by atoms with Crippen LogP contribution in [0, 0.1) is 5.82 Å². The molecule has 2 N–H and O–H groups in total. The smallest absolute Gasteiger partial charge is 0.324 e. The molecule has 1 saturated heterocycles. The van der Waals surface area contributed by atoms with Gasteiger partial charge in [0.2, 0.25) is 11.8 Å². The summed E-state index contributed by atoms with van der Waals surface area (Å²) in [7, 11) is 0. The Morgan fingerprint density at radius 3 is 2.64 bits per heavy atom. The molecular formula is C18H13F4N3O2S. The van der Waals surface area contributed by atoms with E-state index in [-0.39, 0.29) is 23.0 Å². The number of alkyl halides is 3. The van der Waals surface area contributed by atoms with Crippen molar-refractivity contribution < 1.29 is 27.2 Å². The number of hydrogen-bond acceptors (Lipinski definition) is 4. The summed E-state index contributed by atoms with van der Waals surface area (Å²) in [5.41, 5.74) is -0.840. The van der Waals surface area contributed by atoms with Gasteiger partial charge in [0.25, 0.3) is 0 Å². The minimum Gasteiger partial charge on any atom is -0.324 e. The van der Waals surface area contributed by atoms with Gasteiger partial charge in [-0.3, -0.25) is 9.59 Å². The first kappa shape index (κ1) is 19.9. The lowest BCUT2D eigenvalue weighted by Gasteiger charge is -2.08. The molecule has 1 fully saturated rings. The molecule has 2 aromatic carbocycles. The number of anilines is 1. The highest BCUT2D eigenvalue weighted by Crippen LogP contribution is 2.32. The fourth-order valence-electron chi connectivity index (χ4n) is 2.39. The van der Waals surface area contributed by atoms with Gasteiger partial charge in [0.1, 0.15) is 11.1 Å². The predicted octanol–water partition coefficient (Wildman–Crippen LogP) is 4.09. The summed E-state index contributed by atoms with van der Waals surface area (Å²) in [4.78, 5) is 28.1. The quantitative estimate of drug-likeness (QED) is 0.745. The number of aliphatic imine (C=N–C) groups is 1. The van der Waals surface area contributed by atoms with Crippen LogP contribution in [0.1, 0.15) is 12.0 Å². The van der Waals surface area contributed by atoms with Crippen LogP contribution in [0.4, 0.5) is 28.9 Å². The molecule has 2 aromatic rings. The van der Waals surface area contributed by atoms with Gasteiger partial charge in [-0.2, -0.15) is 13.2 Å². The second kappa shape index (κ2) is 8.01. The molecule has 28 heavy (non-hydrogen) atoms. The van der Waals surface area contributed by atoms with E-state index < -0.39 is 34.6 Å². The van der Waals surface area contributed by atoms with Gasteiger partial charge in [-0.25, -0.2) is 9.38 Å². The largest absolute Gasteiger partial charge is 0.416 e.